The van der Waals surface area contributed by atoms with Gasteiger partial charge >= 0.3 is 0 Å². The summed E-state index contributed by atoms with van der Waals surface area (Å²) in [6.07, 6.45) is 3.47. The molecule has 31 heavy (non-hydrogen) atoms. The minimum atomic E-state index is -0.683. The van der Waals surface area contributed by atoms with Crippen molar-refractivity contribution in [3.63, 3.8) is 0 Å². The SMILES string of the molecule is CCc1nc(C(N)=O)c(Nc2cc(C(=O)NC)ccc2C)nc1N[C@H]1CC[C@H](O)CC1. The van der Waals surface area contributed by atoms with E-state index in [2.05, 4.69) is 25.9 Å². The third kappa shape index (κ3) is 5.29. The van der Waals surface area contributed by atoms with Gasteiger partial charge in [0, 0.05) is 24.3 Å². The van der Waals surface area contributed by atoms with E-state index in [1.165, 1.54) is 0 Å². The molecular weight excluding hydrogens is 396 g/mol. The van der Waals surface area contributed by atoms with Crippen molar-refractivity contribution in [3.8, 4) is 0 Å². The number of anilines is 3. The number of amides is 2. The zero-order valence-electron chi connectivity index (χ0n) is 18.2. The molecule has 3 rings (SSSR count). The number of nitrogens with two attached hydrogens (primary N) is 1. The summed E-state index contributed by atoms with van der Waals surface area (Å²) in [5.41, 5.74) is 8.28. The molecule has 0 saturated heterocycles. The van der Waals surface area contributed by atoms with Crippen LogP contribution in [0, 0.1) is 6.92 Å². The van der Waals surface area contributed by atoms with Crippen molar-refractivity contribution in [1.29, 1.82) is 0 Å². The molecule has 1 heterocycles. The molecule has 9 heteroatoms. The first kappa shape index (κ1) is 22.5. The summed E-state index contributed by atoms with van der Waals surface area (Å²) < 4.78 is 0. The van der Waals surface area contributed by atoms with Crippen molar-refractivity contribution in [1.82, 2.24) is 15.3 Å². The highest BCUT2D eigenvalue weighted by atomic mass is 16.3. The van der Waals surface area contributed by atoms with Crippen LogP contribution in [-0.4, -0.2) is 46.1 Å². The summed E-state index contributed by atoms with van der Waals surface area (Å²) in [5, 5.41) is 18.9. The highest BCUT2D eigenvalue weighted by Crippen LogP contribution is 2.28. The fraction of sp³-hybridized carbons (Fsp3) is 0.455. The molecular formula is C22H30N6O3. The molecule has 0 atom stereocenters. The summed E-state index contributed by atoms with van der Waals surface area (Å²) in [6.45, 7) is 3.83. The number of aliphatic hydroxyl groups is 1. The van der Waals surface area contributed by atoms with Gasteiger partial charge in [0.25, 0.3) is 11.8 Å². The first-order valence-electron chi connectivity index (χ1n) is 10.6. The Morgan fingerprint density at radius 1 is 1.16 bits per heavy atom. The van der Waals surface area contributed by atoms with Crippen LogP contribution in [0.15, 0.2) is 18.2 Å². The van der Waals surface area contributed by atoms with E-state index >= 15 is 0 Å². The average Bonchev–Trinajstić information content (AvgIpc) is 2.76. The molecule has 0 bridgehead atoms. The van der Waals surface area contributed by atoms with E-state index in [0.29, 0.717) is 29.2 Å². The fourth-order valence-corrected chi connectivity index (χ4v) is 3.67. The molecule has 1 saturated carbocycles. The van der Waals surface area contributed by atoms with Gasteiger partial charge in [0.1, 0.15) is 5.82 Å². The lowest BCUT2D eigenvalue weighted by molar-refractivity contribution is 0.0961. The van der Waals surface area contributed by atoms with Crippen molar-refractivity contribution in [2.45, 2.75) is 58.1 Å². The number of benzene rings is 1. The van der Waals surface area contributed by atoms with Gasteiger partial charge in [-0.05, 0) is 56.7 Å². The predicted octanol–water partition coefficient (Wildman–Crippen LogP) is 2.26. The first-order chi connectivity index (χ1) is 14.8. The zero-order chi connectivity index (χ0) is 22.5. The van der Waals surface area contributed by atoms with Crippen molar-refractivity contribution >= 4 is 29.1 Å². The minimum absolute atomic E-state index is 0.0474. The summed E-state index contributed by atoms with van der Waals surface area (Å²) >= 11 is 0. The van der Waals surface area contributed by atoms with Gasteiger partial charge in [0.2, 0.25) is 0 Å². The number of hydrogen-bond acceptors (Lipinski definition) is 7. The van der Waals surface area contributed by atoms with Gasteiger partial charge in [-0.1, -0.05) is 13.0 Å². The Balaban J connectivity index is 1.97. The topological polar surface area (TPSA) is 142 Å². The second-order valence-electron chi connectivity index (χ2n) is 7.82. The van der Waals surface area contributed by atoms with Gasteiger partial charge in [-0.25, -0.2) is 9.97 Å². The van der Waals surface area contributed by atoms with E-state index in [4.69, 9.17) is 5.73 Å². The second kappa shape index (κ2) is 9.74. The van der Waals surface area contributed by atoms with Crippen LogP contribution in [0.2, 0.25) is 0 Å². The van der Waals surface area contributed by atoms with E-state index in [9.17, 15) is 14.7 Å². The molecule has 6 N–H and O–H groups in total. The van der Waals surface area contributed by atoms with Gasteiger partial charge in [-0.2, -0.15) is 0 Å². The van der Waals surface area contributed by atoms with Gasteiger partial charge in [0.15, 0.2) is 11.5 Å². The third-order valence-electron chi connectivity index (χ3n) is 5.55. The Hall–Kier alpha value is -3.20. The van der Waals surface area contributed by atoms with Crippen LogP contribution in [0.5, 0.6) is 0 Å². The number of carbonyl (C=O) groups excluding carboxylic acids is 2. The zero-order valence-corrected chi connectivity index (χ0v) is 18.2. The number of carbonyl (C=O) groups is 2. The number of nitrogens with one attached hydrogen (secondary N) is 3. The molecule has 0 unspecified atom stereocenters. The normalized spacial score (nSPS) is 18.3. The first-order valence-corrected chi connectivity index (χ1v) is 10.6. The Morgan fingerprint density at radius 3 is 2.48 bits per heavy atom. The maximum Gasteiger partial charge on any atom is 0.271 e. The molecule has 1 fully saturated rings. The fourth-order valence-electron chi connectivity index (χ4n) is 3.67. The van der Waals surface area contributed by atoms with Gasteiger partial charge in [0.05, 0.1) is 11.8 Å². The van der Waals surface area contributed by atoms with Gasteiger partial charge in [-0.3, -0.25) is 9.59 Å². The molecule has 1 aromatic carbocycles. The van der Waals surface area contributed by atoms with Crippen molar-refractivity contribution in [3.05, 3.63) is 40.7 Å². The lowest BCUT2D eigenvalue weighted by atomic mass is 9.93. The predicted molar refractivity (Wildman–Crippen MR) is 120 cm³/mol. The second-order valence-corrected chi connectivity index (χ2v) is 7.82. The molecule has 2 amide bonds. The summed E-state index contributed by atoms with van der Waals surface area (Å²) in [7, 11) is 1.57. The lowest BCUT2D eigenvalue weighted by Gasteiger charge is -2.27. The number of aromatic nitrogens is 2. The summed E-state index contributed by atoms with van der Waals surface area (Å²) in [4.78, 5) is 33.2. The molecule has 0 aliphatic heterocycles. The van der Waals surface area contributed by atoms with Gasteiger partial charge in [-0.15, -0.1) is 0 Å². The maximum absolute atomic E-state index is 12.1. The number of primary amides is 1. The monoisotopic (exact) mass is 426 g/mol. The van der Waals surface area contributed by atoms with Crippen molar-refractivity contribution < 1.29 is 14.7 Å². The number of aliphatic hydroxyl groups excluding tert-OH is 1. The smallest absolute Gasteiger partial charge is 0.271 e. The van der Waals surface area contributed by atoms with Crippen LogP contribution in [0.25, 0.3) is 0 Å². The quantitative estimate of drug-likeness (QED) is 0.457. The Morgan fingerprint density at radius 2 is 1.87 bits per heavy atom. The molecule has 1 aliphatic rings. The highest BCUT2D eigenvalue weighted by molar-refractivity contribution is 5.98. The van der Waals surface area contributed by atoms with Crippen LogP contribution in [0.3, 0.4) is 0 Å². The number of hydrogen-bond donors (Lipinski definition) is 5. The molecule has 0 spiro atoms. The van der Waals surface area contributed by atoms with Gasteiger partial charge < -0.3 is 26.8 Å². The van der Waals surface area contributed by atoms with Crippen molar-refractivity contribution in [2.24, 2.45) is 5.73 Å². The molecule has 166 valence electrons. The van der Waals surface area contributed by atoms with E-state index < -0.39 is 5.91 Å². The number of nitrogens with zero attached hydrogens (tertiary/aromatic N) is 2. The van der Waals surface area contributed by atoms with Crippen LogP contribution in [0.1, 0.15) is 64.7 Å². The Labute approximate surface area is 181 Å². The highest BCUT2D eigenvalue weighted by Gasteiger charge is 2.23. The largest absolute Gasteiger partial charge is 0.393 e. The minimum Gasteiger partial charge on any atom is -0.393 e. The standard InChI is InChI=1S/C22H30N6O3/c1-4-16-20(25-14-7-9-15(29)10-8-14)28-21(18(26-16)19(23)30)27-17-11-13(22(31)24-3)6-5-12(17)2/h5-6,11,14-15,29H,4,7-10H2,1-3H3,(H2,23,30)(H,24,31)(H2,25,27,28)/t14-,15-. The lowest BCUT2D eigenvalue weighted by Crippen LogP contribution is -2.29. The molecule has 2 aromatic rings. The number of aryl methyl sites for hydroxylation is 2. The Bertz CT molecular complexity index is 970. The molecule has 1 aliphatic carbocycles. The van der Waals surface area contributed by atoms with Crippen LogP contribution >= 0.6 is 0 Å². The summed E-state index contributed by atoms with van der Waals surface area (Å²) in [6, 6.07) is 5.42. The molecule has 0 radical (unpaired) electrons. The summed E-state index contributed by atoms with van der Waals surface area (Å²) in [5.74, 6) is -0.0683. The average molecular weight is 427 g/mol. The number of rotatable bonds is 7. The third-order valence-corrected chi connectivity index (χ3v) is 5.55. The maximum atomic E-state index is 12.1. The van der Waals surface area contributed by atoms with E-state index in [1.54, 1.807) is 19.2 Å². The molecule has 1 aromatic heterocycles. The van der Waals surface area contributed by atoms with Crippen molar-refractivity contribution in [2.75, 3.05) is 17.7 Å². The van der Waals surface area contributed by atoms with E-state index in [-0.39, 0.29) is 29.6 Å². The van der Waals surface area contributed by atoms with E-state index in [1.807, 2.05) is 19.9 Å². The van der Waals surface area contributed by atoms with Crippen LogP contribution in [-0.2, 0) is 6.42 Å². The molecule has 9 nitrogen and oxygen atoms in total. The van der Waals surface area contributed by atoms with Crippen LogP contribution in [0.4, 0.5) is 17.3 Å². The van der Waals surface area contributed by atoms with E-state index in [0.717, 1.165) is 31.2 Å². The van der Waals surface area contributed by atoms with Crippen LogP contribution < -0.4 is 21.7 Å². The Kier molecular flexibility index (Phi) is 7.06.